The van der Waals surface area contributed by atoms with Gasteiger partial charge in [0.15, 0.2) is 0 Å². The molecule has 3 rings (SSSR count). The predicted octanol–water partition coefficient (Wildman–Crippen LogP) is 5.87. The van der Waals surface area contributed by atoms with Gasteiger partial charge in [0.25, 0.3) is 0 Å². The van der Waals surface area contributed by atoms with Gasteiger partial charge in [0.05, 0.1) is 14.7 Å². The van der Waals surface area contributed by atoms with Crippen molar-refractivity contribution >= 4 is 56.0 Å². The molecular formula is C15H13Cl2NS2. The van der Waals surface area contributed by atoms with Crippen LogP contribution < -0.4 is 5.32 Å². The average molecular weight is 342 g/mol. The van der Waals surface area contributed by atoms with Gasteiger partial charge < -0.3 is 5.32 Å². The summed E-state index contributed by atoms with van der Waals surface area (Å²) in [5, 5.41) is 10.4. The lowest BCUT2D eigenvalue weighted by Gasteiger charge is -2.03. The van der Waals surface area contributed by atoms with E-state index < -0.39 is 0 Å². The van der Waals surface area contributed by atoms with Crippen LogP contribution in [-0.4, -0.2) is 0 Å². The Hall–Kier alpha value is -0.580. The first-order chi connectivity index (χ1) is 9.66. The molecule has 1 N–H and O–H groups in total. The molecule has 2 aromatic heterocycles. The zero-order chi connectivity index (χ0) is 14.1. The summed E-state index contributed by atoms with van der Waals surface area (Å²) in [5.41, 5.74) is 2.48. The molecule has 5 heteroatoms. The third kappa shape index (κ3) is 2.74. The molecule has 0 saturated carbocycles. The summed E-state index contributed by atoms with van der Waals surface area (Å²) in [4.78, 5) is 1.33. The van der Waals surface area contributed by atoms with E-state index in [1.165, 1.54) is 20.5 Å². The zero-order valence-corrected chi connectivity index (χ0v) is 14.0. The van der Waals surface area contributed by atoms with Crippen molar-refractivity contribution in [2.75, 3.05) is 0 Å². The van der Waals surface area contributed by atoms with E-state index in [-0.39, 0.29) is 0 Å². The summed E-state index contributed by atoms with van der Waals surface area (Å²) in [6.07, 6.45) is 0. The second-order valence-electron chi connectivity index (χ2n) is 4.62. The first kappa shape index (κ1) is 14.4. The van der Waals surface area contributed by atoms with Gasteiger partial charge in [0, 0.05) is 23.3 Å². The molecule has 0 spiro atoms. The highest BCUT2D eigenvalue weighted by Gasteiger charge is 2.10. The molecule has 0 saturated heterocycles. The predicted molar refractivity (Wildman–Crippen MR) is 91.4 cm³/mol. The van der Waals surface area contributed by atoms with Crippen LogP contribution in [0.15, 0.2) is 29.0 Å². The van der Waals surface area contributed by atoms with Crippen molar-refractivity contribution in [3.8, 4) is 0 Å². The Morgan fingerprint density at radius 2 is 1.95 bits per heavy atom. The number of benzene rings is 1. The Labute approximate surface area is 136 Å². The molecule has 2 heterocycles. The average Bonchev–Trinajstić information content (AvgIpc) is 2.97. The van der Waals surface area contributed by atoms with Crippen molar-refractivity contribution in [1.82, 2.24) is 5.32 Å². The van der Waals surface area contributed by atoms with Crippen molar-refractivity contribution in [2.24, 2.45) is 0 Å². The quantitative estimate of drug-likeness (QED) is 0.625. The van der Waals surface area contributed by atoms with Gasteiger partial charge in [-0.2, -0.15) is 11.3 Å². The Kier molecular flexibility index (Phi) is 4.34. The third-order valence-electron chi connectivity index (χ3n) is 3.30. The topological polar surface area (TPSA) is 12.0 Å². The van der Waals surface area contributed by atoms with Crippen LogP contribution in [-0.2, 0) is 13.1 Å². The van der Waals surface area contributed by atoms with Crippen LogP contribution in [0, 0.1) is 6.92 Å². The second kappa shape index (κ2) is 6.04. The van der Waals surface area contributed by atoms with Gasteiger partial charge in [-0.05, 0) is 34.9 Å². The molecule has 0 aliphatic carbocycles. The van der Waals surface area contributed by atoms with Crippen molar-refractivity contribution < 1.29 is 0 Å². The van der Waals surface area contributed by atoms with E-state index in [1.807, 2.05) is 17.5 Å². The largest absolute Gasteiger partial charge is 0.308 e. The summed E-state index contributed by atoms with van der Waals surface area (Å²) in [7, 11) is 0. The molecule has 0 atom stereocenters. The van der Waals surface area contributed by atoms with Crippen LogP contribution in [0.5, 0.6) is 0 Å². The molecule has 0 amide bonds. The number of hydrogen-bond donors (Lipinski definition) is 1. The van der Waals surface area contributed by atoms with Crippen molar-refractivity contribution in [3.05, 3.63) is 55.0 Å². The van der Waals surface area contributed by atoms with Gasteiger partial charge in [0.2, 0.25) is 0 Å². The van der Waals surface area contributed by atoms with Gasteiger partial charge >= 0.3 is 0 Å². The molecule has 1 nitrogen and oxygen atoms in total. The SMILES string of the molecule is Cc1c(CNCc2cscc2Cl)sc2c(Cl)cccc12. The molecule has 3 aromatic rings. The number of aryl methyl sites for hydroxylation is 1. The van der Waals surface area contributed by atoms with E-state index in [1.54, 1.807) is 22.7 Å². The van der Waals surface area contributed by atoms with Crippen molar-refractivity contribution in [2.45, 2.75) is 20.0 Å². The smallest absolute Gasteiger partial charge is 0.0584 e. The fourth-order valence-corrected chi connectivity index (χ4v) is 4.70. The molecule has 104 valence electrons. The van der Waals surface area contributed by atoms with Gasteiger partial charge in [-0.3, -0.25) is 0 Å². The monoisotopic (exact) mass is 341 g/mol. The molecule has 0 aliphatic rings. The fraction of sp³-hybridized carbons (Fsp3) is 0.200. The molecule has 0 radical (unpaired) electrons. The number of hydrogen-bond acceptors (Lipinski definition) is 3. The molecule has 20 heavy (non-hydrogen) atoms. The molecule has 0 fully saturated rings. The molecule has 1 aromatic carbocycles. The lowest BCUT2D eigenvalue weighted by atomic mass is 10.1. The number of fused-ring (bicyclic) bond motifs is 1. The summed E-state index contributed by atoms with van der Waals surface area (Å²) in [6, 6.07) is 6.08. The summed E-state index contributed by atoms with van der Waals surface area (Å²) in [6.45, 7) is 3.79. The third-order valence-corrected chi connectivity index (χ3v) is 6.35. The van der Waals surface area contributed by atoms with Crippen LogP contribution in [0.1, 0.15) is 16.0 Å². The van der Waals surface area contributed by atoms with Crippen LogP contribution in [0.2, 0.25) is 10.0 Å². The standard InChI is InChI=1S/C15H13Cl2NS2/c1-9-11-3-2-4-12(16)15(11)20-14(9)6-18-5-10-7-19-8-13(10)17/h2-4,7-8,18H,5-6H2,1H3. The van der Waals surface area contributed by atoms with Crippen molar-refractivity contribution in [1.29, 1.82) is 0 Å². The Morgan fingerprint density at radius 1 is 1.10 bits per heavy atom. The van der Waals surface area contributed by atoms with E-state index in [4.69, 9.17) is 23.2 Å². The van der Waals surface area contributed by atoms with Gasteiger partial charge in [-0.25, -0.2) is 0 Å². The molecule has 0 unspecified atom stereocenters. The summed E-state index contributed by atoms with van der Waals surface area (Å²) >= 11 is 15.7. The summed E-state index contributed by atoms with van der Waals surface area (Å²) < 4.78 is 1.18. The van der Waals surface area contributed by atoms with E-state index in [2.05, 4.69) is 23.7 Å². The van der Waals surface area contributed by atoms with Crippen LogP contribution in [0.25, 0.3) is 10.1 Å². The second-order valence-corrected chi connectivity index (χ2v) is 7.28. The fourth-order valence-electron chi connectivity index (χ4n) is 2.17. The zero-order valence-electron chi connectivity index (χ0n) is 10.9. The van der Waals surface area contributed by atoms with E-state index in [9.17, 15) is 0 Å². The number of nitrogens with one attached hydrogen (secondary N) is 1. The lowest BCUT2D eigenvalue weighted by molar-refractivity contribution is 0.701. The first-order valence-corrected chi connectivity index (χ1v) is 8.76. The normalized spacial score (nSPS) is 11.3. The highest BCUT2D eigenvalue weighted by Crippen LogP contribution is 2.35. The number of rotatable bonds is 4. The maximum Gasteiger partial charge on any atom is 0.0584 e. The minimum Gasteiger partial charge on any atom is -0.308 e. The van der Waals surface area contributed by atoms with Crippen LogP contribution in [0.3, 0.4) is 0 Å². The van der Waals surface area contributed by atoms with E-state index >= 15 is 0 Å². The van der Waals surface area contributed by atoms with Gasteiger partial charge in [-0.15, -0.1) is 11.3 Å². The van der Waals surface area contributed by atoms with Crippen LogP contribution in [0.4, 0.5) is 0 Å². The lowest BCUT2D eigenvalue weighted by Crippen LogP contribution is -2.12. The maximum absolute atomic E-state index is 6.25. The maximum atomic E-state index is 6.25. The van der Waals surface area contributed by atoms with Gasteiger partial charge in [-0.1, -0.05) is 35.3 Å². The minimum absolute atomic E-state index is 0.795. The minimum atomic E-state index is 0.795. The highest BCUT2D eigenvalue weighted by molar-refractivity contribution is 7.20. The van der Waals surface area contributed by atoms with E-state index in [0.29, 0.717) is 0 Å². The highest BCUT2D eigenvalue weighted by atomic mass is 35.5. The Balaban J connectivity index is 1.76. The van der Waals surface area contributed by atoms with Crippen molar-refractivity contribution in [3.63, 3.8) is 0 Å². The van der Waals surface area contributed by atoms with E-state index in [0.717, 1.165) is 28.7 Å². The Bertz CT molecular complexity index is 745. The van der Waals surface area contributed by atoms with Gasteiger partial charge in [0.1, 0.15) is 0 Å². The summed E-state index contributed by atoms with van der Waals surface area (Å²) in [5.74, 6) is 0. The first-order valence-electron chi connectivity index (χ1n) is 6.24. The number of halogens is 2. The van der Waals surface area contributed by atoms with Crippen LogP contribution >= 0.6 is 45.9 Å². The molecule has 0 aliphatic heterocycles. The Morgan fingerprint density at radius 3 is 2.65 bits per heavy atom. The molecule has 0 bridgehead atoms. The number of thiophene rings is 2. The molecular weight excluding hydrogens is 329 g/mol.